The Morgan fingerprint density at radius 1 is 1.15 bits per heavy atom. The normalized spacial score (nSPS) is 17.4. The van der Waals surface area contributed by atoms with Crippen LogP contribution < -0.4 is 5.32 Å². The lowest BCUT2D eigenvalue weighted by Gasteiger charge is -2.33. The number of rotatable bonds is 4. The first kappa shape index (κ1) is 18.0. The number of hydrogen-bond acceptors (Lipinski definition) is 3. The molecule has 0 saturated carbocycles. The number of benzene rings is 2. The molecule has 2 aromatic carbocycles. The number of aliphatic hydroxyl groups excluding tert-OH is 1. The van der Waals surface area contributed by atoms with Crippen LogP contribution in [0.3, 0.4) is 0 Å². The monoisotopic (exact) mass is 365 g/mol. The Hall–Kier alpha value is -2.37. The van der Waals surface area contributed by atoms with E-state index in [-0.39, 0.29) is 18.1 Å². The minimum Gasteiger partial charge on any atom is -0.393 e. The fraction of sp³-hybridized carbons (Fsp3) is 0.409. The quantitative estimate of drug-likeness (QED) is 0.743. The molecule has 2 N–H and O–H groups in total. The van der Waals surface area contributed by atoms with E-state index in [9.17, 15) is 9.90 Å². The van der Waals surface area contributed by atoms with Gasteiger partial charge in [0.05, 0.1) is 12.1 Å². The Morgan fingerprint density at radius 2 is 1.85 bits per heavy atom. The first-order chi connectivity index (χ1) is 13.1. The van der Waals surface area contributed by atoms with Crippen molar-refractivity contribution in [3.63, 3.8) is 0 Å². The van der Waals surface area contributed by atoms with E-state index in [4.69, 9.17) is 0 Å². The maximum absolute atomic E-state index is 12.7. The second-order valence-corrected chi connectivity index (χ2v) is 7.43. The van der Waals surface area contributed by atoms with Gasteiger partial charge in [0, 0.05) is 47.1 Å². The number of anilines is 1. The molecule has 2 heterocycles. The average Bonchev–Trinajstić information content (AvgIpc) is 3.01. The molecular weight excluding hydrogens is 338 g/mol. The average molecular weight is 365 g/mol. The van der Waals surface area contributed by atoms with Gasteiger partial charge in [-0.3, -0.25) is 9.69 Å². The van der Waals surface area contributed by atoms with E-state index < -0.39 is 0 Å². The van der Waals surface area contributed by atoms with Crippen molar-refractivity contribution in [2.75, 3.05) is 18.4 Å². The molecule has 5 heteroatoms. The zero-order valence-corrected chi connectivity index (χ0v) is 16.0. The summed E-state index contributed by atoms with van der Waals surface area (Å²) in [4.78, 5) is 14.9. The van der Waals surface area contributed by atoms with Gasteiger partial charge in [0.1, 0.15) is 0 Å². The summed E-state index contributed by atoms with van der Waals surface area (Å²) >= 11 is 0. The van der Waals surface area contributed by atoms with Crippen molar-refractivity contribution in [3.8, 4) is 0 Å². The minimum atomic E-state index is -0.227. The molecule has 1 saturated heterocycles. The van der Waals surface area contributed by atoms with Crippen LogP contribution in [0.1, 0.15) is 26.7 Å². The van der Waals surface area contributed by atoms with Gasteiger partial charge in [-0.25, -0.2) is 0 Å². The maximum Gasteiger partial charge on any atom is 0.241 e. The molecule has 4 rings (SSSR count). The zero-order chi connectivity index (χ0) is 19.0. The number of fused-ring (bicyclic) bond motifs is 3. The molecule has 142 valence electrons. The van der Waals surface area contributed by atoms with Crippen LogP contribution in [-0.2, 0) is 11.3 Å². The fourth-order valence-electron chi connectivity index (χ4n) is 4.16. The second kappa shape index (κ2) is 7.33. The molecule has 1 aliphatic rings. The number of aryl methyl sites for hydroxylation is 1. The SMILES string of the molecule is CCn1c2ccccc2c2cc(NC(=O)[C@H](C)N3CCC(O)CC3)ccc21. The predicted molar refractivity (Wildman–Crippen MR) is 110 cm³/mol. The number of amides is 1. The fourth-order valence-corrected chi connectivity index (χ4v) is 4.16. The van der Waals surface area contributed by atoms with Crippen molar-refractivity contribution >= 4 is 33.4 Å². The first-order valence-corrected chi connectivity index (χ1v) is 9.82. The lowest BCUT2D eigenvalue weighted by atomic mass is 10.1. The molecule has 3 aromatic rings. The smallest absolute Gasteiger partial charge is 0.241 e. The van der Waals surface area contributed by atoms with Crippen molar-refractivity contribution < 1.29 is 9.90 Å². The molecule has 27 heavy (non-hydrogen) atoms. The Balaban J connectivity index is 1.59. The standard InChI is InChI=1S/C22H27N3O2/c1-3-25-20-7-5-4-6-18(20)19-14-16(8-9-21(19)25)23-22(27)15(2)24-12-10-17(26)11-13-24/h4-9,14-15,17,26H,3,10-13H2,1-2H3,(H,23,27)/t15-/m0/s1. The summed E-state index contributed by atoms with van der Waals surface area (Å²) in [6, 6.07) is 14.3. The van der Waals surface area contributed by atoms with Gasteiger partial charge in [-0.05, 0) is 51.0 Å². The highest BCUT2D eigenvalue weighted by molar-refractivity contribution is 6.10. The summed E-state index contributed by atoms with van der Waals surface area (Å²) in [5.41, 5.74) is 3.24. The molecule has 1 atom stereocenters. The molecule has 0 bridgehead atoms. The van der Waals surface area contributed by atoms with Gasteiger partial charge >= 0.3 is 0 Å². The van der Waals surface area contributed by atoms with Gasteiger partial charge in [0.25, 0.3) is 0 Å². The number of nitrogens with zero attached hydrogens (tertiary/aromatic N) is 2. The van der Waals surface area contributed by atoms with E-state index in [2.05, 4.69) is 58.1 Å². The minimum absolute atomic E-state index is 0.00460. The number of nitrogens with one attached hydrogen (secondary N) is 1. The van der Waals surface area contributed by atoms with E-state index in [0.29, 0.717) is 0 Å². The molecule has 5 nitrogen and oxygen atoms in total. The van der Waals surface area contributed by atoms with E-state index in [1.165, 1.54) is 21.8 Å². The number of carbonyl (C=O) groups excluding carboxylic acids is 1. The summed E-state index contributed by atoms with van der Waals surface area (Å²) in [5, 5.41) is 15.1. The van der Waals surface area contributed by atoms with Crippen LogP contribution in [-0.4, -0.2) is 45.7 Å². The van der Waals surface area contributed by atoms with Crippen molar-refractivity contribution in [1.29, 1.82) is 0 Å². The summed E-state index contributed by atoms with van der Waals surface area (Å²) in [5.74, 6) is 0.00460. The third-order valence-electron chi connectivity index (χ3n) is 5.78. The van der Waals surface area contributed by atoms with Crippen LogP contribution in [0.2, 0.25) is 0 Å². The molecule has 1 aliphatic heterocycles. The molecule has 0 radical (unpaired) electrons. The summed E-state index contributed by atoms with van der Waals surface area (Å²) in [6.07, 6.45) is 1.25. The maximum atomic E-state index is 12.7. The molecule has 1 amide bonds. The third kappa shape index (κ3) is 3.33. The third-order valence-corrected chi connectivity index (χ3v) is 5.78. The molecule has 0 unspecified atom stereocenters. The van der Waals surface area contributed by atoms with Crippen LogP contribution in [0.5, 0.6) is 0 Å². The van der Waals surface area contributed by atoms with Crippen molar-refractivity contribution in [2.45, 2.75) is 45.4 Å². The van der Waals surface area contributed by atoms with E-state index in [1.807, 2.05) is 13.0 Å². The number of para-hydroxylation sites is 1. The Bertz CT molecular complexity index is 970. The number of carbonyl (C=O) groups is 1. The lowest BCUT2D eigenvalue weighted by Crippen LogP contribution is -2.47. The van der Waals surface area contributed by atoms with Gasteiger partial charge < -0.3 is 15.0 Å². The highest BCUT2D eigenvalue weighted by Crippen LogP contribution is 2.31. The number of hydrogen-bond donors (Lipinski definition) is 2. The highest BCUT2D eigenvalue weighted by Gasteiger charge is 2.25. The number of likely N-dealkylation sites (tertiary alicyclic amines) is 1. The predicted octanol–water partition coefficient (Wildman–Crippen LogP) is 3.60. The number of aliphatic hydroxyl groups is 1. The molecule has 0 spiro atoms. The van der Waals surface area contributed by atoms with Gasteiger partial charge in [-0.1, -0.05) is 18.2 Å². The van der Waals surface area contributed by atoms with E-state index in [0.717, 1.165) is 38.2 Å². The van der Waals surface area contributed by atoms with E-state index in [1.54, 1.807) is 0 Å². The van der Waals surface area contributed by atoms with Crippen LogP contribution in [0.4, 0.5) is 5.69 Å². The Labute approximate surface area is 159 Å². The summed E-state index contributed by atoms with van der Waals surface area (Å²) < 4.78 is 2.30. The van der Waals surface area contributed by atoms with Gasteiger partial charge in [-0.15, -0.1) is 0 Å². The molecule has 0 aliphatic carbocycles. The van der Waals surface area contributed by atoms with Crippen LogP contribution in [0.25, 0.3) is 21.8 Å². The van der Waals surface area contributed by atoms with E-state index >= 15 is 0 Å². The lowest BCUT2D eigenvalue weighted by molar-refractivity contribution is -0.121. The number of piperidine rings is 1. The summed E-state index contributed by atoms with van der Waals surface area (Å²) in [7, 11) is 0. The van der Waals surface area contributed by atoms with Gasteiger partial charge in [0.2, 0.25) is 5.91 Å². The van der Waals surface area contributed by atoms with Crippen LogP contribution in [0.15, 0.2) is 42.5 Å². The van der Waals surface area contributed by atoms with Crippen molar-refractivity contribution in [3.05, 3.63) is 42.5 Å². The Morgan fingerprint density at radius 3 is 2.59 bits per heavy atom. The van der Waals surface area contributed by atoms with Crippen LogP contribution in [0, 0.1) is 0 Å². The molecule has 1 aromatic heterocycles. The zero-order valence-electron chi connectivity index (χ0n) is 16.0. The van der Waals surface area contributed by atoms with Crippen LogP contribution >= 0.6 is 0 Å². The molecular formula is C22H27N3O2. The van der Waals surface area contributed by atoms with Gasteiger partial charge in [-0.2, -0.15) is 0 Å². The summed E-state index contributed by atoms with van der Waals surface area (Å²) in [6.45, 7) is 6.53. The highest BCUT2D eigenvalue weighted by atomic mass is 16.3. The van der Waals surface area contributed by atoms with Gasteiger partial charge in [0.15, 0.2) is 0 Å². The van der Waals surface area contributed by atoms with Crippen molar-refractivity contribution in [2.24, 2.45) is 0 Å². The largest absolute Gasteiger partial charge is 0.393 e. The van der Waals surface area contributed by atoms with Crippen molar-refractivity contribution in [1.82, 2.24) is 9.47 Å². The molecule has 1 fully saturated rings. The number of aromatic nitrogens is 1. The Kier molecular flexibility index (Phi) is 4.89. The first-order valence-electron chi connectivity index (χ1n) is 9.82. The topological polar surface area (TPSA) is 57.5 Å². The second-order valence-electron chi connectivity index (χ2n) is 7.43.